The average Bonchev–Trinajstić information content (AvgIpc) is 2.95. The van der Waals surface area contributed by atoms with E-state index in [1.165, 1.54) is 0 Å². The van der Waals surface area contributed by atoms with E-state index < -0.39 is 0 Å². The zero-order valence-corrected chi connectivity index (χ0v) is 22.6. The molecule has 0 atom stereocenters. The fourth-order valence-electron chi connectivity index (χ4n) is 3.74. The van der Waals surface area contributed by atoms with E-state index in [0.29, 0.717) is 22.9 Å². The molecule has 4 aromatic carbocycles. The Bertz CT molecular complexity index is 1320. The highest BCUT2D eigenvalue weighted by Gasteiger charge is 2.10. The molecule has 0 aliphatic heterocycles. The Morgan fingerprint density at radius 1 is 0.474 bits per heavy atom. The van der Waals surface area contributed by atoms with Crippen LogP contribution in [0.25, 0.3) is 11.1 Å². The van der Waals surface area contributed by atoms with Crippen molar-refractivity contribution in [2.45, 2.75) is 0 Å². The largest absolute Gasteiger partial charge is 0.494 e. The molecule has 8 heteroatoms. The molecule has 194 valence electrons. The van der Waals surface area contributed by atoms with Gasteiger partial charge in [0.2, 0.25) is 0 Å². The van der Waals surface area contributed by atoms with Crippen LogP contribution in [0.4, 0.5) is 34.1 Å². The first-order chi connectivity index (χ1) is 18.4. The average molecular weight is 509 g/mol. The Labute approximate surface area is 223 Å². The van der Waals surface area contributed by atoms with Crippen LogP contribution in [-0.2, 0) is 0 Å². The third kappa shape index (κ3) is 6.34. The maximum Gasteiger partial charge on any atom is 0.146 e. The van der Waals surface area contributed by atoms with Crippen molar-refractivity contribution in [1.82, 2.24) is 0 Å². The van der Waals surface area contributed by atoms with Gasteiger partial charge in [-0.05, 0) is 83.9 Å². The van der Waals surface area contributed by atoms with Crippen LogP contribution in [0.2, 0.25) is 0 Å². The van der Waals surface area contributed by atoms with E-state index in [-0.39, 0.29) is 0 Å². The number of hydrogen-bond acceptors (Lipinski definition) is 8. The zero-order chi connectivity index (χ0) is 27.1. The minimum absolute atomic E-state index is 0.625. The van der Waals surface area contributed by atoms with Gasteiger partial charge in [-0.1, -0.05) is 12.1 Å². The van der Waals surface area contributed by atoms with Crippen molar-refractivity contribution in [2.75, 3.05) is 52.2 Å². The highest BCUT2D eigenvalue weighted by molar-refractivity contribution is 5.73. The molecule has 0 bridgehead atoms. The summed E-state index contributed by atoms with van der Waals surface area (Å²) in [5.41, 5.74) is 6.94. The number of hydrogen-bond donors (Lipinski definition) is 0. The minimum atomic E-state index is 0.625. The number of anilines is 2. The summed E-state index contributed by atoms with van der Waals surface area (Å²) in [4.78, 5) is 4.08. The Kier molecular flexibility index (Phi) is 8.33. The van der Waals surface area contributed by atoms with E-state index >= 15 is 0 Å². The summed E-state index contributed by atoms with van der Waals surface area (Å²) in [5, 5.41) is 17.5. The molecule has 0 unspecified atom stereocenters. The topological polar surface area (TPSA) is 74.4 Å². The lowest BCUT2D eigenvalue weighted by molar-refractivity contribution is 0.415. The molecule has 0 aliphatic carbocycles. The summed E-state index contributed by atoms with van der Waals surface area (Å²) in [6.07, 6.45) is 0. The smallest absolute Gasteiger partial charge is 0.146 e. The second kappa shape index (κ2) is 12.0. The van der Waals surface area contributed by atoms with Crippen LogP contribution in [0.5, 0.6) is 11.5 Å². The maximum absolute atomic E-state index is 5.61. The number of methoxy groups -OCH3 is 2. The van der Waals surface area contributed by atoms with Gasteiger partial charge < -0.3 is 19.3 Å². The normalized spacial score (nSPS) is 11.2. The molecule has 0 spiro atoms. The van der Waals surface area contributed by atoms with Gasteiger partial charge in [0.15, 0.2) is 0 Å². The molecular formula is C30H32N6O2. The van der Waals surface area contributed by atoms with Crippen LogP contribution in [0.3, 0.4) is 0 Å². The molecule has 0 aliphatic rings. The molecule has 0 radical (unpaired) electrons. The predicted octanol–water partition coefficient (Wildman–Crippen LogP) is 8.33. The summed E-state index contributed by atoms with van der Waals surface area (Å²) in [6, 6.07) is 27.4. The zero-order valence-electron chi connectivity index (χ0n) is 22.6. The summed E-state index contributed by atoms with van der Waals surface area (Å²) in [6.45, 7) is 0. The standard InChI is InChI=1S/C30H32N6O2/c1-35(2)25-13-9-23(10-14-25)31-33-27-17-7-21(19-29(27)37-5)22-8-18-28(30(20-22)38-6)34-32-24-11-15-26(16-12-24)36(3)4/h7-20H,1-6H3. The van der Waals surface area contributed by atoms with Crippen LogP contribution in [0.15, 0.2) is 105 Å². The van der Waals surface area contributed by atoms with E-state index in [9.17, 15) is 0 Å². The van der Waals surface area contributed by atoms with Gasteiger partial charge in [0.1, 0.15) is 22.9 Å². The van der Waals surface area contributed by atoms with E-state index in [1.807, 2.05) is 123 Å². The molecule has 8 nitrogen and oxygen atoms in total. The summed E-state index contributed by atoms with van der Waals surface area (Å²) < 4.78 is 11.2. The fourth-order valence-corrected chi connectivity index (χ4v) is 3.74. The minimum Gasteiger partial charge on any atom is -0.494 e. The first-order valence-electron chi connectivity index (χ1n) is 12.1. The van der Waals surface area contributed by atoms with Gasteiger partial charge in [0.05, 0.1) is 25.6 Å². The van der Waals surface area contributed by atoms with Gasteiger partial charge in [-0.15, -0.1) is 10.2 Å². The fraction of sp³-hybridized carbons (Fsp3) is 0.200. The van der Waals surface area contributed by atoms with E-state index in [1.54, 1.807) is 14.2 Å². The molecule has 0 saturated heterocycles. The van der Waals surface area contributed by atoms with Crippen LogP contribution in [0.1, 0.15) is 0 Å². The number of ether oxygens (including phenoxy) is 2. The van der Waals surface area contributed by atoms with E-state index in [4.69, 9.17) is 9.47 Å². The SMILES string of the molecule is COc1cc(-c2ccc(N=Nc3ccc(N(C)C)cc3)c(OC)c2)ccc1N=Nc1ccc(N(C)C)cc1. The van der Waals surface area contributed by atoms with E-state index in [0.717, 1.165) is 33.9 Å². The van der Waals surface area contributed by atoms with Gasteiger partial charge in [0.25, 0.3) is 0 Å². The first-order valence-corrected chi connectivity index (χ1v) is 12.1. The van der Waals surface area contributed by atoms with Crippen molar-refractivity contribution < 1.29 is 9.47 Å². The third-order valence-corrected chi connectivity index (χ3v) is 5.97. The molecule has 0 heterocycles. The Balaban J connectivity index is 1.54. The lowest BCUT2D eigenvalue weighted by Crippen LogP contribution is -2.07. The van der Waals surface area contributed by atoms with Gasteiger partial charge in [-0.2, -0.15) is 10.2 Å². The van der Waals surface area contributed by atoms with Crippen molar-refractivity contribution in [3.63, 3.8) is 0 Å². The number of rotatable bonds is 9. The molecule has 0 aromatic heterocycles. The predicted molar refractivity (Wildman–Crippen MR) is 155 cm³/mol. The van der Waals surface area contributed by atoms with Gasteiger partial charge in [-0.25, -0.2) is 0 Å². The number of nitrogens with zero attached hydrogens (tertiary/aromatic N) is 6. The van der Waals surface area contributed by atoms with Crippen LogP contribution in [-0.4, -0.2) is 42.4 Å². The van der Waals surface area contributed by atoms with Gasteiger partial charge in [-0.3, -0.25) is 0 Å². The monoisotopic (exact) mass is 508 g/mol. The maximum atomic E-state index is 5.61. The molecule has 38 heavy (non-hydrogen) atoms. The van der Waals surface area contributed by atoms with Crippen molar-refractivity contribution in [2.24, 2.45) is 20.5 Å². The Morgan fingerprint density at radius 3 is 1.16 bits per heavy atom. The third-order valence-electron chi connectivity index (χ3n) is 5.97. The Hall–Kier alpha value is -4.72. The second-order valence-electron chi connectivity index (χ2n) is 8.99. The summed E-state index contributed by atoms with van der Waals surface area (Å²) in [5.74, 6) is 1.25. The second-order valence-corrected chi connectivity index (χ2v) is 8.99. The quantitative estimate of drug-likeness (QED) is 0.213. The van der Waals surface area contributed by atoms with Gasteiger partial charge in [0, 0.05) is 39.6 Å². The number of benzene rings is 4. The number of azo groups is 2. The van der Waals surface area contributed by atoms with Crippen molar-refractivity contribution in [1.29, 1.82) is 0 Å². The molecule has 0 saturated carbocycles. The Morgan fingerprint density at radius 2 is 0.842 bits per heavy atom. The first kappa shape index (κ1) is 26.3. The van der Waals surface area contributed by atoms with Crippen LogP contribution in [0, 0.1) is 0 Å². The summed E-state index contributed by atoms with van der Waals surface area (Å²) >= 11 is 0. The molecule has 4 aromatic rings. The molecular weight excluding hydrogens is 476 g/mol. The van der Waals surface area contributed by atoms with Gasteiger partial charge >= 0.3 is 0 Å². The lowest BCUT2D eigenvalue weighted by atomic mass is 10.0. The van der Waals surface area contributed by atoms with Crippen LogP contribution >= 0.6 is 0 Å². The van der Waals surface area contributed by atoms with E-state index in [2.05, 4.69) is 20.5 Å². The highest BCUT2D eigenvalue weighted by Crippen LogP contribution is 2.38. The lowest BCUT2D eigenvalue weighted by Gasteiger charge is -2.12. The summed E-state index contributed by atoms with van der Waals surface area (Å²) in [7, 11) is 11.3. The highest BCUT2D eigenvalue weighted by atomic mass is 16.5. The molecule has 4 rings (SSSR count). The molecule has 0 N–H and O–H groups in total. The van der Waals surface area contributed by atoms with Crippen molar-refractivity contribution in [3.05, 3.63) is 84.9 Å². The molecule has 0 amide bonds. The molecule has 0 fully saturated rings. The van der Waals surface area contributed by atoms with Crippen LogP contribution < -0.4 is 19.3 Å². The van der Waals surface area contributed by atoms with Crippen molar-refractivity contribution >= 4 is 34.1 Å². The van der Waals surface area contributed by atoms with Crippen molar-refractivity contribution in [3.8, 4) is 22.6 Å².